The van der Waals surface area contributed by atoms with Gasteiger partial charge in [0, 0.05) is 25.6 Å². The molecule has 1 atom stereocenters. The number of alkyl carbamates (subject to hydrolysis) is 1. The molecule has 2 amide bonds. The predicted octanol–water partition coefficient (Wildman–Crippen LogP) is 4.88. The molecule has 1 aliphatic carbocycles. The van der Waals surface area contributed by atoms with E-state index >= 15 is 0 Å². The van der Waals surface area contributed by atoms with Crippen LogP contribution < -0.4 is 10.6 Å². The molecular formula is C33H37N3O5S. The topological polar surface area (TPSA) is 108 Å². The van der Waals surface area contributed by atoms with Crippen LogP contribution in [0.5, 0.6) is 0 Å². The maximum absolute atomic E-state index is 13.7. The van der Waals surface area contributed by atoms with E-state index in [0.29, 0.717) is 38.1 Å². The quantitative estimate of drug-likeness (QED) is 0.293. The number of carboxylic acids is 1. The molecule has 3 N–H and O–H groups in total. The van der Waals surface area contributed by atoms with Gasteiger partial charge in [-0.15, -0.1) is 0 Å². The number of benzene rings is 3. The van der Waals surface area contributed by atoms with E-state index < -0.39 is 29.6 Å². The van der Waals surface area contributed by atoms with Crippen LogP contribution in [0.4, 0.5) is 4.79 Å². The minimum Gasteiger partial charge on any atom is -0.480 e. The van der Waals surface area contributed by atoms with Gasteiger partial charge in [0.2, 0.25) is 5.91 Å². The van der Waals surface area contributed by atoms with Gasteiger partial charge in [-0.25, -0.2) is 9.59 Å². The van der Waals surface area contributed by atoms with Crippen molar-refractivity contribution in [2.45, 2.75) is 43.3 Å². The molecule has 1 saturated heterocycles. The number of ether oxygens (including phenoxy) is 1. The van der Waals surface area contributed by atoms with Crippen LogP contribution in [-0.4, -0.2) is 71.3 Å². The number of aliphatic carboxylic acids is 1. The molecule has 220 valence electrons. The minimum absolute atomic E-state index is 0.108. The van der Waals surface area contributed by atoms with Crippen LogP contribution in [0.15, 0.2) is 78.9 Å². The third-order valence-corrected chi connectivity index (χ3v) is 8.94. The van der Waals surface area contributed by atoms with Gasteiger partial charge in [0.15, 0.2) is 0 Å². The highest BCUT2D eigenvalue weighted by molar-refractivity contribution is 7.98. The van der Waals surface area contributed by atoms with Crippen molar-refractivity contribution in [1.82, 2.24) is 15.5 Å². The summed E-state index contributed by atoms with van der Waals surface area (Å²) in [5, 5.41) is 15.3. The molecule has 42 heavy (non-hydrogen) atoms. The number of hydrogen-bond acceptors (Lipinski definition) is 6. The van der Waals surface area contributed by atoms with Gasteiger partial charge in [-0.2, -0.15) is 11.8 Å². The Morgan fingerprint density at radius 1 is 0.952 bits per heavy atom. The van der Waals surface area contributed by atoms with E-state index in [1.807, 2.05) is 48.7 Å². The van der Waals surface area contributed by atoms with Gasteiger partial charge >= 0.3 is 12.1 Å². The summed E-state index contributed by atoms with van der Waals surface area (Å²) in [5.74, 6) is -1.09. The molecule has 0 saturated carbocycles. The Bertz CT molecular complexity index is 1360. The van der Waals surface area contributed by atoms with Crippen molar-refractivity contribution >= 4 is 29.7 Å². The van der Waals surface area contributed by atoms with Gasteiger partial charge in [0.05, 0.1) is 0 Å². The lowest BCUT2D eigenvalue weighted by Gasteiger charge is -2.41. The number of piperidine rings is 1. The Labute approximate surface area is 250 Å². The van der Waals surface area contributed by atoms with Crippen molar-refractivity contribution in [2.24, 2.45) is 0 Å². The smallest absolute Gasteiger partial charge is 0.408 e. The van der Waals surface area contributed by atoms with Crippen molar-refractivity contribution < 1.29 is 24.2 Å². The zero-order valence-electron chi connectivity index (χ0n) is 23.8. The molecule has 9 heteroatoms. The molecule has 0 bridgehead atoms. The van der Waals surface area contributed by atoms with Gasteiger partial charge in [-0.3, -0.25) is 9.69 Å². The van der Waals surface area contributed by atoms with E-state index in [9.17, 15) is 19.5 Å². The summed E-state index contributed by atoms with van der Waals surface area (Å²) in [6.07, 6.45) is 2.18. The Morgan fingerprint density at radius 2 is 1.55 bits per heavy atom. The summed E-state index contributed by atoms with van der Waals surface area (Å²) < 4.78 is 5.79. The van der Waals surface area contributed by atoms with E-state index in [1.54, 1.807) is 0 Å². The molecule has 1 aliphatic heterocycles. The van der Waals surface area contributed by atoms with Crippen molar-refractivity contribution in [3.8, 4) is 11.1 Å². The third-order valence-electron chi connectivity index (χ3n) is 8.29. The van der Waals surface area contributed by atoms with Crippen LogP contribution in [0.2, 0.25) is 0 Å². The summed E-state index contributed by atoms with van der Waals surface area (Å²) in [5.41, 5.74) is 4.37. The average molecular weight is 588 g/mol. The lowest BCUT2D eigenvalue weighted by Crippen LogP contribution is -2.65. The molecule has 0 spiro atoms. The SMILES string of the molecule is CSCC[C@@H](NC(=O)C1(NC(=O)OCC2c3ccccc3-c3ccccc32)CCN(Cc2ccccc2)CC1)C(=O)O. The highest BCUT2D eigenvalue weighted by Gasteiger charge is 2.44. The van der Waals surface area contributed by atoms with Crippen molar-refractivity contribution in [3.05, 3.63) is 95.6 Å². The molecule has 0 unspecified atom stereocenters. The zero-order valence-corrected chi connectivity index (χ0v) is 24.6. The van der Waals surface area contributed by atoms with Crippen LogP contribution in [0.25, 0.3) is 11.1 Å². The molecule has 0 radical (unpaired) electrons. The van der Waals surface area contributed by atoms with Crippen molar-refractivity contribution in [2.75, 3.05) is 31.7 Å². The second-order valence-electron chi connectivity index (χ2n) is 10.9. The fourth-order valence-corrected chi connectivity index (χ4v) is 6.43. The first kappa shape index (κ1) is 29.7. The number of fused-ring (bicyclic) bond motifs is 3. The van der Waals surface area contributed by atoms with Crippen molar-refractivity contribution in [3.63, 3.8) is 0 Å². The van der Waals surface area contributed by atoms with Crippen LogP contribution in [0.3, 0.4) is 0 Å². The second-order valence-corrected chi connectivity index (χ2v) is 11.9. The number of carbonyl (C=O) groups excluding carboxylic acids is 2. The summed E-state index contributed by atoms with van der Waals surface area (Å²) in [4.78, 5) is 41.2. The maximum Gasteiger partial charge on any atom is 0.408 e. The standard InChI is InChI=1S/C33H37N3O5S/c1-42-20-15-29(30(37)38)34-31(39)33(16-18-36(19-17-33)21-23-9-3-2-4-10-23)35-32(40)41-22-28-26-13-7-5-11-24(26)25-12-6-8-14-27(25)28/h2-14,28-29H,15-22H2,1H3,(H,34,39)(H,35,40)(H,37,38)/t29-/m1/s1. The van der Waals surface area contributed by atoms with E-state index in [-0.39, 0.29) is 12.5 Å². The first-order chi connectivity index (χ1) is 20.4. The van der Waals surface area contributed by atoms with E-state index in [1.165, 1.54) is 17.3 Å². The maximum atomic E-state index is 13.7. The summed E-state index contributed by atoms with van der Waals surface area (Å²) in [6.45, 7) is 1.99. The number of rotatable bonds is 11. The first-order valence-corrected chi connectivity index (χ1v) is 15.7. The molecule has 3 aromatic carbocycles. The highest BCUT2D eigenvalue weighted by Crippen LogP contribution is 2.44. The van der Waals surface area contributed by atoms with Crippen LogP contribution >= 0.6 is 11.8 Å². The minimum atomic E-state index is -1.27. The monoisotopic (exact) mass is 587 g/mol. The number of carboxylic acid groups (broad SMARTS) is 1. The number of thioether (sulfide) groups is 1. The normalized spacial score (nSPS) is 16.6. The van der Waals surface area contributed by atoms with Gasteiger partial charge in [0.25, 0.3) is 0 Å². The lowest BCUT2D eigenvalue weighted by molar-refractivity contribution is -0.143. The van der Waals surface area contributed by atoms with Crippen LogP contribution in [-0.2, 0) is 20.9 Å². The second kappa shape index (κ2) is 13.4. The summed E-state index contributed by atoms with van der Waals surface area (Å²) >= 11 is 1.52. The Morgan fingerprint density at radius 3 is 2.14 bits per heavy atom. The fraction of sp³-hybridized carbons (Fsp3) is 0.364. The number of hydrogen-bond donors (Lipinski definition) is 3. The molecule has 3 aromatic rings. The average Bonchev–Trinajstić information content (AvgIpc) is 3.33. The Kier molecular flexibility index (Phi) is 9.49. The van der Waals surface area contributed by atoms with E-state index in [2.05, 4.69) is 51.9 Å². The van der Waals surface area contributed by atoms with Gasteiger partial charge in [0.1, 0.15) is 18.2 Å². The summed E-state index contributed by atoms with van der Waals surface area (Å²) in [7, 11) is 0. The van der Waals surface area contributed by atoms with Gasteiger partial charge < -0.3 is 20.5 Å². The fourth-order valence-electron chi connectivity index (χ4n) is 5.96. The zero-order chi connectivity index (χ0) is 29.5. The molecule has 1 heterocycles. The number of amides is 2. The number of carbonyl (C=O) groups is 3. The molecule has 2 aliphatic rings. The Hall–Kier alpha value is -3.82. The van der Waals surface area contributed by atoms with Crippen molar-refractivity contribution in [1.29, 1.82) is 0 Å². The molecule has 5 rings (SSSR count). The van der Waals surface area contributed by atoms with Gasteiger partial charge in [-0.05, 0) is 59.1 Å². The number of nitrogens with zero attached hydrogens (tertiary/aromatic N) is 1. The Balaban J connectivity index is 1.29. The number of nitrogens with one attached hydrogen (secondary N) is 2. The first-order valence-electron chi connectivity index (χ1n) is 14.3. The predicted molar refractivity (Wildman–Crippen MR) is 164 cm³/mol. The number of likely N-dealkylation sites (tertiary alicyclic amines) is 1. The molecule has 8 nitrogen and oxygen atoms in total. The molecular weight excluding hydrogens is 550 g/mol. The van der Waals surface area contributed by atoms with Gasteiger partial charge in [-0.1, -0.05) is 78.9 Å². The summed E-state index contributed by atoms with van der Waals surface area (Å²) in [6, 6.07) is 25.3. The highest BCUT2D eigenvalue weighted by atomic mass is 32.2. The van der Waals surface area contributed by atoms with Crippen LogP contribution in [0.1, 0.15) is 41.9 Å². The molecule has 1 fully saturated rings. The third kappa shape index (κ3) is 6.63. The van der Waals surface area contributed by atoms with E-state index in [4.69, 9.17) is 4.74 Å². The lowest BCUT2D eigenvalue weighted by atomic mass is 9.86. The van der Waals surface area contributed by atoms with E-state index in [0.717, 1.165) is 28.8 Å². The largest absolute Gasteiger partial charge is 0.480 e. The molecule has 0 aromatic heterocycles. The van der Waals surface area contributed by atoms with Crippen LogP contribution in [0, 0.1) is 0 Å².